The third kappa shape index (κ3) is 2.99. The molecule has 0 bridgehead atoms. The van der Waals surface area contributed by atoms with Gasteiger partial charge in [-0.2, -0.15) is 0 Å². The predicted molar refractivity (Wildman–Crippen MR) is 62.3 cm³/mol. The van der Waals surface area contributed by atoms with Gasteiger partial charge in [-0.1, -0.05) is 18.9 Å². The van der Waals surface area contributed by atoms with Gasteiger partial charge in [0.05, 0.1) is 5.69 Å². The van der Waals surface area contributed by atoms with Crippen molar-refractivity contribution in [2.75, 3.05) is 22.8 Å². The van der Waals surface area contributed by atoms with E-state index in [4.69, 9.17) is 0 Å². The Labute approximate surface area is 92.6 Å². The smallest absolute Gasteiger partial charge is 0.173 e. The Kier molecular flexibility index (Phi) is 4.68. The first kappa shape index (κ1) is 12.1. The molecule has 0 heterocycles. The fourth-order valence-electron chi connectivity index (χ4n) is 1.09. The molecule has 0 saturated heterocycles. The molecule has 1 aromatic rings. The van der Waals surface area contributed by atoms with Crippen LogP contribution in [0.5, 0.6) is 0 Å². The van der Waals surface area contributed by atoms with E-state index in [0.29, 0.717) is 5.69 Å². The maximum absolute atomic E-state index is 13.6. The van der Waals surface area contributed by atoms with Crippen molar-refractivity contribution in [1.29, 1.82) is 0 Å². The van der Waals surface area contributed by atoms with E-state index in [2.05, 4.69) is 10.0 Å². The topological polar surface area (TPSA) is 24.1 Å². The van der Waals surface area contributed by atoms with E-state index in [1.54, 1.807) is 0 Å². The van der Waals surface area contributed by atoms with Crippen LogP contribution < -0.4 is 10.0 Å². The van der Waals surface area contributed by atoms with Gasteiger partial charge in [0.15, 0.2) is 5.82 Å². The molecule has 0 aliphatic heterocycles. The van der Waals surface area contributed by atoms with Crippen molar-refractivity contribution in [2.45, 2.75) is 13.3 Å². The van der Waals surface area contributed by atoms with Crippen LogP contribution in [-0.4, -0.2) is 12.8 Å². The summed E-state index contributed by atoms with van der Waals surface area (Å²) >= 11 is 1.41. The minimum Gasteiger partial charge on any atom is -0.383 e. The first-order valence-electron chi connectivity index (χ1n) is 4.74. The van der Waals surface area contributed by atoms with Crippen LogP contribution in [0.3, 0.4) is 0 Å². The molecule has 0 amide bonds. The number of anilines is 2. The lowest BCUT2D eigenvalue weighted by Crippen LogP contribution is -2.00. The van der Waals surface area contributed by atoms with E-state index in [9.17, 15) is 8.78 Å². The van der Waals surface area contributed by atoms with Crippen molar-refractivity contribution < 1.29 is 8.78 Å². The Balaban J connectivity index is 2.80. The van der Waals surface area contributed by atoms with E-state index in [-0.39, 0.29) is 5.69 Å². The Morgan fingerprint density at radius 1 is 1.33 bits per heavy atom. The average Bonchev–Trinajstić information content (AvgIpc) is 2.22. The zero-order valence-corrected chi connectivity index (χ0v) is 9.55. The molecule has 2 nitrogen and oxygen atoms in total. The molecule has 0 aliphatic rings. The summed E-state index contributed by atoms with van der Waals surface area (Å²) in [6.07, 6.45) is 0.999. The highest BCUT2D eigenvalue weighted by Gasteiger charge is 2.11. The van der Waals surface area contributed by atoms with Crippen LogP contribution in [0.2, 0.25) is 0 Å². The van der Waals surface area contributed by atoms with Crippen LogP contribution in [0.1, 0.15) is 13.3 Å². The van der Waals surface area contributed by atoms with Gasteiger partial charge in [-0.3, -0.25) is 0 Å². The number of rotatable bonds is 5. The van der Waals surface area contributed by atoms with Gasteiger partial charge >= 0.3 is 0 Å². The van der Waals surface area contributed by atoms with Gasteiger partial charge in [-0.15, -0.1) is 0 Å². The van der Waals surface area contributed by atoms with Crippen LogP contribution >= 0.6 is 11.9 Å². The summed E-state index contributed by atoms with van der Waals surface area (Å²) in [5, 5.41) is 2.50. The summed E-state index contributed by atoms with van der Waals surface area (Å²) in [5.74, 6) is -0.284. The summed E-state index contributed by atoms with van der Waals surface area (Å²) in [6, 6.07) is 2.64. The van der Waals surface area contributed by atoms with E-state index < -0.39 is 11.6 Å². The summed E-state index contributed by atoms with van der Waals surface area (Å²) in [7, 11) is 1.49. The Morgan fingerprint density at radius 2 is 2.07 bits per heavy atom. The predicted octanol–water partition coefficient (Wildman–Crippen LogP) is 3.48. The maximum Gasteiger partial charge on any atom is 0.173 e. The normalized spacial score (nSPS) is 10.1. The van der Waals surface area contributed by atoms with Crippen LogP contribution in [-0.2, 0) is 0 Å². The molecular formula is C10H14F2N2S. The van der Waals surface area contributed by atoms with Crippen molar-refractivity contribution in [1.82, 2.24) is 0 Å². The van der Waals surface area contributed by atoms with Crippen molar-refractivity contribution in [3.05, 3.63) is 23.8 Å². The fraction of sp³-hybridized carbons (Fsp3) is 0.400. The second kappa shape index (κ2) is 5.80. The zero-order chi connectivity index (χ0) is 11.3. The van der Waals surface area contributed by atoms with Gasteiger partial charge in [0.2, 0.25) is 0 Å². The lowest BCUT2D eigenvalue weighted by molar-refractivity contribution is 0.593. The molecule has 1 aromatic carbocycles. The molecule has 0 aliphatic carbocycles. The minimum absolute atomic E-state index is 0.0999. The highest BCUT2D eigenvalue weighted by Crippen LogP contribution is 2.27. The fourth-order valence-corrected chi connectivity index (χ4v) is 1.71. The molecule has 84 valence electrons. The number of halogens is 2. The van der Waals surface area contributed by atoms with Crippen molar-refractivity contribution >= 4 is 23.3 Å². The first-order valence-corrected chi connectivity index (χ1v) is 5.72. The number of hydrogen-bond donors (Lipinski definition) is 2. The molecule has 5 heteroatoms. The summed E-state index contributed by atoms with van der Waals surface area (Å²) in [6.45, 7) is 2.04. The van der Waals surface area contributed by atoms with Gasteiger partial charge < -0.3 is 10.0 Å². The van der Waals surface area contributed by atoms with Crippen molar-refractivity contribution in [2.24, 2.45) is 0 Å². The zero-order valence-electron chi connectivity index (χ0n) is 8.73. The molecule has 0 atom stereocenters. The molecule has 0 spiro atoms. The lowest BCUT2D eigenvalue weighted by atomic mass is 10.2. The Hall–Kier alpha value is -0.970. The molecular weight excluding hydrogens is 218 g/mol. The van der Waals surface area contributed by atoms with E-state index >= 15 is 0 Å². The second-order valence-corrected chi connectivity index (χ2v) is 3.89. The highest BCUT2D eigenvalue weighted by atomic mass is 32.2. The standard InChI is InChI=1S/C10H14F2N2S/c1-3-6-15-14-8-5-4-7(11)10(13-2)9(8)12/h4-5,13-14H,3,6H2,1-2H3. The Morgan fingerprint density at radius 3 is 2.67 bits per heavy atom. The second-order valence-electron chi connectivity index (χ2n) is 2.98. The van der Waals surface area contributed by atoms with E-state index in [0.717, 1.165) is 12.2 Å². The van der Waals surface area contributed by atoms with Gasteiger partial charge in [0.25, 0.3) is 0 Å². The van der Waals surface area contributed by atoms with Crippen molar-refractivity contribution in [3.63, 3.8) is 0 Å². The Bertz CT molecular complexity index is 331. The molecule has 0 unspecified atom stereocenters. The number of nitrogens with one attached hydrogen (secondary N) is 2. The first-order chi connectivity index (χ1) is 7.20. The SMILES string of the molecule is CCCSNc1ccc(F)c(NC)c1F. The van der Waals surface area contributed by atoms with Crippen LogP contribution in [0.25, 0.3) is 0 Å². The van der Waals surface area contributed by atoms with E-state index in [1.807, 2.05) is 6.92 Å². The maximum atomic E-state index is 13.6. The molecule has 0 fully saturated rings. The number of hydrogen-bond acceptors (Lipinski definition) is 3. The molecule has 1 rings (SSSR count). The third-order valence-corrected chi connectivity index (χ3v) is 2.81. The summed E-state index contributed by atoms with van der Waals surface area (Å²) < 4.78 is 29.5. The molecule has 15 heavy (non-hydrogen) atoms. The van der Waals surface area contributed by atoms with Gasteiger partial charge in [-0.05, 0) is 18.6 Å². The monoisotopic (exact) mass is 232 g/mol. The summed E-state index contributed by atoms with van der Waals surface area (Å²) in [4.78, 5) is 0. The van der Waals surface area contributed by atoms with Gasteiger partial charge in [-0.25, -0.2) is 8.78 Å². The molecule has 0 saturated carbocycles. The highest BCUT2D eigenvalue weighted by molar-refractivity contribution is 8.00. The van der Waals surface area contributed by atoms with Crippen LogP contribution in [0, 0.1) is 11.6 Å². The van der Waals surface area contributed by atoms with Crippen LogP contribution in [0.15, 0.2) is 12.1 Å². The lowest BCUT2D eigenvalue weighted by Gasteiger charge is -2.10. The van der Waals surface area contributed by atoms with E-state index in [1.165, 1.54) is 31.1 Å². The molecule has 0 aromatic heterocycles. The molecule has 0 radical (unpaired) electrons. The van der Waals surface area contributed by atoms with Crippen LogP contribution in [0.4, 0.5) is 20.2 Å². The summed E-state index contributed by atoms with van der Waals surface area (Å²) in [5.41, 5.74) is 0.205. The largest absolute Gasteiger partial charge is 0.383 e. The molecule has 2 N–H and O–H groups in total. The number of benzene rings is 1. The van der Waals surface area contributed by atoms with Crippen molar-refractivity contribution in [3.8, 4) is 0 Å². The quantitative estimate of drug-likeness (QED) is 0.600. The third-order valence-electron chi connectivity index (χ3n) is 1.83. The average molecular weight is 232 g/mol. The van der Waals surface area contributed by atoms with Gasteiger partial charge in [0, 0.05) is 12.8 Å². The minimum atomic E-state index is -0.582. The van der Waals surface area contributed by atoms with Gasteiger partial charge in [0.1, 0.15) is 11.5 Å².